The first-order chi connectivity index (χ1) is 9.65. The first-order valence-corrected chi connectivity index (χ1v) is 7.68. The molecule has 1 aromatic carbocycles. The highest BCUT2D eigenvalue weighted by atomic mass is 16.3. The minimum absolute atomic E-state index is 0.147. The molecule has 0 aromatic heterocycles. The Kier molecular flexibility index (Phi) is 5.53. The lowest BCUT2D eigenvalue weighted by Gasteiger charge is -2.16. The second kappa shape index (κ2) is 7.39. The minimum Gasteiger partial charge on any atom is -0.508 e. The smallest absolute Gasteiger partial charge is 0.124 e. The fourth-order valence-electron chi connectivity index (χ4n) is 2.45. The standard InChI is InChI=1S/C16H26N2O2/c17-14-10-9-13(19)11-15(14)18-16(20)6-4-2-1-3-5-12-7-8-12/h9-12,16,18-20H,1-8,17H2. The Balaban J connectivity index is 1.59. The lowest BCUT2D eigenvalue weighted by atomic mass is 10.1. The topological polar surface area (TPSA) is 78.5 Å². The van der Waals surface area contributed by atoms with E-state index >= 15 is 0 Å². The second-order valence-corrected chi connectivity index (χ2v) is 5.87. The highest BCUT2D eigenvalue weighted by molar-refractivity contribution is 5.68. The number of nitrogens with two attached hydrogens (primary N) is 1. The van der Waals surface area contributed by atoms with Crippen molar-refractivity contribution >= 4 is 11.4 Å². The normalized spacial score (nSPS) is 16.1. The summed E-state index contributed by atoms with van der Waals surface area (Å²) in [4.78, 5) is 0. The summed E-state index contributed by atoms with van der Waals surface area (Å²) in [6.45, 7) is 0. The van der Waals surface area contributed by atoms with E-state index in [-0.39, 0.29) is 5.75 Å². The number of phenolic OH excluding ortho intramolecular Hbond substituents is 1. The van der Waals surface area contributed by atoms with Crippen LogP contribution in [0.15, 0.2) is 18.2 Å². The number of benzene rings is 1. The van der Waals surface area contributed by atoms with Crippen LogP contribution in [0.3, 0.4) is 0 Å². The monoisotopic (exact) mass is 278 g/mol. The third kappa shape index (κ3) is 5.29. The molecule has 0 radical (unpaired) electrons. The number of unbranched alkanes of at least 4 members (excludes halogenated alkanes) is 3. The molecule has 112 valence electrons. The number of aromatic hydroxyl groups is 1. The minimum atomic E-state index is -0.609. The summed E-state index contributed by atoms with van der Waals surface area (Å²) in [5.41, 5.74) is 6.90. The van der Waals surface area contributed by atoms with Crippen LogP contribution in [0.1, 0.15) is 51.4 Å². The van der Waals surface area contributed by atoms with Crippen LogP contribution in [-0.2, 0) is 0 Å². The third-order valence-electron chi connectivity index (χ3n) is 3.90. The average molecular weight is 278 g/mol. The lowest BCUT2D eigenvalue weighted by molar-refractivity contribution is 0.189. The van der Waals surface area contributed by atoms with Gasteiger partial charge in [0.25, 0.3) is 0 Å². The van der Waals surface area contributed by atoms with E-state index in [0.717, 1.165) is 12.3 Å². The van der Waals surface area contributed by atoms with E-state index in [2.05, 4.69) is 5.32 Å². The molecule has 4 nitrogen and oxygen atoms in total. The molecular weight excluding hydrogens is 252 g/mol. The summed E-state index contributed by atoms with van der Waals surface area (Å²) in [7, 11) is 0. The Morgan fingerprint density at radius 2 is 1.95 bits per heavy atom. The van der Waals surface area contributed by atoms with Gasteiger partial charge in [0, 0.05) is 6.07 Å². The SMILES string of the molecule is Nc1ccc(O)cc1NC(O)CCCCCCC1CC1. The Morgan fingerprint density at radius 1 is 1.20 bits per heavy atom. The van der Waals surface area contributed by atoms with Crippen molar-refractivity contribution in [1.82, 2.24) is 0 Å². The number of hydrogen-bond acceptors (Lipinski definition) is 4. The van der Waals surface area contributed by atoms with E-state index in [1.165, 1.54) is 50.7 Å². The molecule has 0 amide bonds. The van der Waals surface area contributed by atoms with Gasteiger partial charge in [-0.15, -0.1) is 0 Å². The molecule has 1 aromatic rings. The van der Waals surface area contributed by atoms with Crippen LogP contribution in [0, 0.1) is 5.92 Å². The van der Waals surface area contributed by atoms with E-state index in [9.17, 15) is 10.2 Å². The van der Waals surface area contributed by atoms with Gasteiger partial charge < -0.3 is 21.3 Å². The Labute approximate surface area is 121 Å². The lowest BCUT2D eigenvalue weighted by Crippen LogP contribution is -2.19. The van der Waals surface area contributed by atoms with E-state index in [4.69, 9.17) is 5.73 Å². The van der Waals surface area contributed by atoms with Gasteiger partial charge in [0.1, 0.15) is 12.0 Å². The quantitative estimate of drug-likeness (QED) is 0.241. The van der Waals surface area contributed by atoms with Crippen molar-refractivity contribution in [2.45, 2.75) is 57.6 Å². The number of nitrogen functional groups attached to an aromatic ring is 1. The van der Waals surface area contributed by atoms with Crippen molar-refractivity contribution in [3.63, 3.8) is 0 Å². The number of hydrogen-bond donors (Lipinski definition) is 4. The molecule has 0 aliphatic heterocycles. The highest BCUT2D eigenvalue weighted by Gasteiger charge is 2.19. The zero-order chi connectivity index (χ0) is 14.4. The van der Waals surface area contributed by atoms with E-state index in [0.29, 0.717) is 17.8 Å². The van der Waals surface area contributed by atoms with Crippen LogP contribution in [0.2, 0.25) is 0 Å². The van der Waals surface area contributed by atoms with Gasteiger partial charge in [0.2, 0.25) is 0 Å². The highest BCUT2D eigenvalue weighted by Crippen LogP contribution is 2.34. The van der Waals surface area contributed by atoms with Gasteiger partial charge in [-0.25, -0.2) is 0 Å². The van der Waals surface area contributed by atoms with Gasteiger partial charge >= 0.3 is 0 Å². The molecule has 20 heavy (non-hydrogen) atoms. The van der Waals surface area contributed by atoms with Crippen molar-refractivity contribution in [2.24, 2.45) is 5.92 Å². The first kappa shape index (κ1) is 15.0. The van der Waals surface area contributed by atoms with Crippen LogP contribution >= 0.6 is 0 Å². The van der Waals surface area contributed by atoms with E-state index in [1.807, 2.05) is 0 Å². The van der Waals surface area contributed by atoms with Gasteiger partial charge in [-0.3, -0.25) is 0 Å². The largest absolute Gasteiger partial charge is 0.508 e. The molecule has 1 aliphatic rings. The maximum absolute atomic E-state index is 9.92. The number of rotatable bonds is 9. The fourth-order valence-corrected chi connectivity index (χ4v) is 2.45. The Morgan fingerprint density at radius 3 is 2.70 bits per heavy atom. The predicted molar refractivity (Wildman–Crippen MR) is 82.6 cm³/mol. The zero-order valence-electron chi connectivity index (χ0n) is 12.0. The average Bonchev–Trinajstić information content (AvgIpc) is 3.22. The van der Waals surface area contributed by atoms with E-state index in [1.54, 1.807) is 6.07 Å². The van der Waals surface area contributed by atoms with Gasteiger partial charge in [-0.2, -0.15) is 0 Å². The van der Waals surface area contributed by atoms with Crippen molar-refractivity contribution in [3.8, 4) is 5.75 Å². The first-order valence-electron chi connectivity index (χ1n) is 7.68. The number of nitrogens with one attached hydrogen (secondary N) is 1. The van der Waals surface area contributed by atoms with Gasteiger partial charge in [-0.05, 0) is 30.9 Å². The molecule has 0 heterocycles. The van der Waals surface area contributed by atoms with Gasteiger partial charge in [0.15, 0.2) is 0 Å². The zero-order valence-corrected chi connectivity index (χ0v) is 12.0. The van der Waals surface area contributed by atoms with Crippen molar-refractivity contribution in [3.05, 3.63) is 18.2 Å². The van der Waals surface area contributed by atoms with Crippen molar-refractivity contribution in [2.75, 3.05) is 11.1 Å². The molecule has 2 rings (SSSR count). The molecule has 0 spiro atoms. The molecular formula is C16H26N2O2. The molecule has 0 saturated heterocycles. The summed E-state index contributed by atoms with van der Waals surface area (Å²) in [6.07, 6.45) is 9.13. The fraction of sp³-hybridized carbons (Fsp3) is 0.625. The van der Waals surface area contributed by atoms with Crippen LogP contribution in [0.4, 0.5) is 11.4 Å². The molecule has 4 heteroatoms. The summed E-state index contributed by atoms with van der Waals surface area (Å²) in [6, 6.07) is 4.70. The molecule has 1 saturated carbocycles. The summed E-state index contributed by atoms with van der Waals surface area (Å²) < 4.78 is 0. The Hall–Kier alpha value is -1.42. The summed E-state index contributed by atoms with van der Waals surface area (Å²) in [5.74, 6) is 1.17. The van der Waals surface area contributed by atoms with Gasteiger partial charge in [0.05, 0.1) is 11.4 Å². The predicted octanol–water partition coefficient (Wildman–Crippen LogP) is 3.46. The maximum Gasteiger partial charge on any atom is 0.124 e. The molecule has 5 N–H and O–H groups in total. The van der Waals surface area contributed by atoms with E-state index < -0.39 is 6.23 Å². The van der Waals surface area contributed by atoms with Crippen molar-refractivity contribution in [1.29, 1.82) is 0 Å². The molecule has 0 bridgehead atoms. The Bertz CT molecular complexity index is 419. The molecule has 1 atom stereocenters. The number of aliphatic hydroxyl groups is 1. The molecule has 1 fully saturated rings. The number of phenols is 1. The third-order valence-corrected chi connectivity index (χ3v) is 3.90. The van der Waals surface area contributed by atoms with Crippen molar-refractivity contribution < 1.29 is 10.2 Å². The number of aliphatic hydroxyl groups excluding tert-OH is 1. The van der Waals surface area contributed by atoms with Crippen LogP contribution in [0.5, 0.6) is 5.75 Å². The van der Waals surface area contributed by atoms with Gasteiger partial charge in [-0.1, -0.05) is 38.5 Å². The number of anilines is 2. The van der Waals surface area contributed by atoms with Crippen LogP contribution in [-0.4, -0.2) is 16.4 Å². The van der Waals surface area contributed by atoms with Crippen LogP contribution < -0.4 is 11.1 Å². The maximum atomic E-state index is 9.92. The summed E-state index contributed by atoms with van der Waals surface area (Å²) >= 11 is 0. The second-order valence-electron chi connectivity index (χ2n) is 5.87. The van der Waals surface area contributed by atoms with Crippen LogP contribution in [0.25, 0.3) is 0 Å². The molecule has 1 unspecified atom stereocenters. The molecule has 1 aliphatic carbocycles. The summed E-state index contributed by atoms with van der Waals surface area (Å²) in [5, 5.41) is 22.3.